The lowest BCUT2D eigenvalue weighted by atomic mass is 10.2. The van der Waals surface area contributed by atoms with Crippen LogP contribution in [0.2, 0.25) is 10.0 Å². The molecular weight excluding hydrogens is 367 g/mol. The molecule has 0 saturated carbocycles. The number of hydrogen-bond acceptors (Lipinski definition) is 3. The number of amides is 2. The van der Waals surface area contributed by atoms with Gasteiger partial charge < -0.3 is 0 Å². The van der Waals surface area contributed by atoms with Crippen LogP contribution in [-0.4, -0.2) is 39.8 Å². The Morgan fingerprint density at radius 3 is 1.54 bits per heavy atom. The first kappa shape index (κ1) is 16.9. The van der Waals surface area contributed by atoms with E-state index in [4.69, 9.17) is 35.4 Å². The summed E-state index contributed by atoms with van der Waals surface area (Å²) >= 11 is 17.5. The molecule has 0 aromatic heterocycles. The zero-order chi connectivity index (χ0) is 17.3. The van der Waals surface area contributed by atoms with Gasteiger partial charge in [-0.3, -0.25) is 19.4 Å². The molecule has 2 aromatic carbocycles. The molecule has 122 valence electrons. The van der Waals surface area contributed by atoms with Gasteiger partial charge in [-0.25, -0.2) is 0 Å². The quantitative estimate of drug-likeness (QED) is 0.744. The highest BCUT2D eigenvalue weighted by Gasteiger charge is 2.35. The minimum atomic E-state index is -0.319. The molecule has 1 fully saturated rings. The summed E-state index contributed by atoms with van der Waals surface area (Å²) in [6, 6.07) is 13.5. The van der Waals surface area contributed by atoms with E-state index in [1.54, 1.807) is 48.5 Å². The van der Waals surface area contributed by atoms with Crippen molar-refractivity contribution in [3.63, 3.8) is 0 Å². The van der Waals surface area contributed by atoms with Gasteiger partial charge in [-0.2, -0.15) is 0 Å². The normalized spacial score (nSPS) is 14.2. The number of rotatable bonds is 2. The molecule has 3 rings (SSSR count). The molecule has 1 aliphatic heterocycles. The summed E-state index contributed by atoms with van der Waals surface area (Å²) < 4.78 is 0. The van der Waals surface area contributed by atoms with Crippen molar-refractivity contribution in [2.45, 2.75) is 0 Å². The van der Waals surface area contributed by atoms with Crippen LogP contribution in [0.15, 0.2) is 48.5 Å². The number of hydrogen-bond donors (Lipinski definition) is 0. The summed E-state index contributed by atoms with van der Waals surface area (Å²) in [5.74, 6) is -0.639. The minimum absolute atomic E-state index is 0.157. The molecule has 2 aromatic rings. The highest BCUT2D eigenvalue weighted by molar-refractivity contribution is 7.80. The van der Waals surface area contributed by atoms with Crippen LogP contribution >= 0.6 is 35.4 Å². The number of halogens is 2. The zero-order valence-electron chi connectivity index (χ0n) is 12.4. The number of benzene rings is 2. The first-order valence-corrected chi connectivity index (χ1v) is 8.34. The Morgan fingerprint density at radius 1 is 0.792 bits per heavy atom. The lowest BCUT2D eigenvalue weighted by molar-refractivity contribution is 0.0858. The summed E-state index contributed by atoms with van der Waals surface area (Å²) in [5, 5.41) is 0.854. The minimum Gasteiger partial charge on any atom is -0.283 e. The molecule has 1 aliphatic rings. The van der Waals surface area contributed by atoms with Gasteiger partial charge in [0, 0.05) is 13.1 Å². The van der Waals surface area contributed by atoms with Crippen LogP contribution in [0, 0.1) is 0 Å². The van der Waals surface area contributed by atoms with Crippen molar-refractivity contribution in [3.8, 4) is 0 Å². The molecule has 0 unspecified atom stereocenters. The van der Waals surface area contributed by atoms with Crippen LogP contribution in [0.3, 0.4) is 0 Å². The molecule has 0 atom stereocenters. The van der Waals surface area contributed by atoms with E-state index >= 15 is 0 Å². The molecule has 0 N–H and O–H groups in total. The molecule has 0 spiro atoms. The van der Waals surface area contributed by atoms with Crippen molar-refractivity contribution in [2.24, 2.45) is 0 Å². The first-order chi connectivity index (χ1) is 11.5. The molecule has 1 saturated heterocycles. The van der Waals surface area contributed by atoms with Gasteiger partial charge in [-0.1, -0.05) is 47.5 Å². The maximum absolute atomic E-state index is 12.6. The monoisotopic (exact) mass is 378 g/mol. The lowest BCUT2D eigenvalue weighted by Gasteiger charge is -2.20. The summed E-state index contributed by atoms with van der Waals surface area (Å²) in [5.41, 5.74) is 0.710. The van der Waals surface area contributed by atoms with Crippen molar-refractivity contribution in [3.05, 3.63) is 69.7 Å². The van der Waals surface area contributed by atoms with Crippen LogP contribution in [0.4, 0.5) is 0 Å². The van der Waals surface area contributed by atoms with Gasteiger partial charge in [-0.15, -0.1) is 0 Å². The average molecular weight is 379 g/mol. The standard InChI is InChI=1S/C17H12Cl2N2O2S/c18-13-7-3-1-5-11(13)15(22)20-9-10-21(17(20)24)16(23)12-6-2-4-8-14(12)19/h1-8H,9-10H2. The van der Waals surface area contributed by atoms with E-state index in [0.717, 1.165) is 0 Å². The number of nitrogens with zero attached hydrogens (tertiary/aromatic N) is 2. The number of thiocarbonyl (C=S) groups is 1. The second-order valence-electron chi connectivity index (χ2n) is 5.16. The predicted octanol–water partition coefficient (Wildman–Crippen LogP) is 3.88. The van der Waals surface area contributed by atoms with Crippen molar-refractivity contribution in [1.29, 1.82) is 0 Å². The van der Waals surface area contributed by atoms with Crippen molar-refractivity contribution >= 4 is 52.3 Å². The van der Waals surface area contributed by atoms with Crippen LogP contribution in [0.25, 0.3) is 0 Å². The van der Waals surface area contributed by atoms with Crippen molar-refractivity contribution in [2.75, 3.05) is 13.1 Å². The second kappa shape index (κ2) is 6.89. The molecule has 0 bridgehead atoms. The fourth-order valence-electron chi connectivity index (χ4n) is 2.47. The van der Waals surface area contributed by atoms with E-state index in [1.165, 1.54) is 9.80 Å². The van der Waals surface area contributed by atoms with Crippen molar-refractivity contribution in [1.82, 2.24) is 9.80 Å². The fraction of sp³-hybridized carbons (Fsp3) is 0.118. The molecule has 0 aliphatic carbocycles. The molecule has 0 radical (unpaired) electrons. The van der Waals surface area contributed by atoms with Crippen LogP contribution in [-0.2, 0) is 0 Å². The van der Waals surface area contributed by atoms with E-state index in [2.05, 4.69) is 0 Å². The number of carbonyl (C=O) groups is 2. The topological polar surface area (TPSA) is 40.6 Å². The Bertz CT molecular complexity index is 773. The molecule has 4 nitrogen and oxygen atoms in total. The second-order valence-corrected chi connectivity index (χ2v) is 6.34. The highest BCUT2D eigenvalue weighted by atomic mass is 35.5. The molecule has 2 amide bonds. The van der Waals surface area contributed by atoms with Crippen LogP contribution in [0.5, 0.6) is 0 Å². The Morgan fingerprint density at radius 2 is 1.17 bits per heavy atom. The third kappa shape index (κ3) is 3.02. The van der Waals surface area contributed by atoms with E-state index in [-0.39, 0.29) is 16.9 Å². The lowest BCUT2D eigenvalue weighted by Crippen LogP contribution is -2.39. The highest BCUT2D eigenvalue weighted by Crippen LogP contribution is 2.23. The van der Waals surface area contributed by atoms with Gasteiger partial charge >= 0.3 is 0 Å². The average Bonchev–Trinajstić information content (AvgIpc) is 2.96. The van der Waals surface area contributed by atoms with Gasteiger partial charge in [0.2, 0.25) is 0 Å². The van der Waals surface area contributed by atoms with Crippen molar-refractivity contribution < 1.29 is 9.59 Å². The zero-order valence-corrected chi connectivity index (χ0v) is 14.7. The first-order valence-electron chi connectivity index (χ1n) is 7.17. The van der Waals surface area contributed by atoms with Gasteiger partial charge in [-0.05, 0) is 36.5 Å². The molecular formula is C17H12Cl2N2O2S. The molecule has 24 heavy (non-hydrogen) atoms. The van der Waals surface area contributed by atoms with Gasteiger partial charge in [0.05, 0.1) is 21.2 Å². The van der Waals surface area contributed by atoms with Crippen LogP contribution < -0.4 is 0 Å². The van der Waals surface area contributed by atoms with Gasteiger partial charge in [0.25, 0.3) is 11.8 Å². The number of carbonyl (C=O) groups excluding carboxylic acids is 2. The smallest absolute Gasteiger partial charge is 0.261 e. The predicted molar refractivity (Wildman–Crippen MR) is 97.6 cm³/mol. The SMILES string of the molecule is O=C(c1ccccc1Cl)N1CCN(C(=O)c2ccccc2Cl)C1=S. The van der Waals surface area contributed by atoms with Crippen LogP contribution in [0.1, 0.15) is 20.7 Å². The maximum Gasteiger partial charge on any atom is 0.261 e. The summed E-state index contributed by atoms with van der Waals surface area (Å²) in [7, 11) is 0. The Kier molecular flexibility index (Phi) is 4.85. The van der Waals surface area contributed by atoms with Gasteiger partial charge in [0.15, 0.2) is 5.11 Å². The third-order valence-electron chi connectivity index (χ3n) is 3.71. The Labute approximate surface area is 154 Å². The Hall–Kier alpha value is -1.95. The fourth-order valence-corrected chi connectivity index (χ4v) is 3.26. The summed E-state index contributed by atoms with van der Waals surface area (Å²) in [6.07, 6.45) is 0. The van der Waals surface area contributed by atoms with E-state index in [1.807, 2.05) is 0 Å². The van der Waals surface area contributed by atoms with E-state index < -0.39 is 0 Å². The molecule has 1 heterocycles. The van der Waals surface area contributed by atoms with Gasteiger partial charge in [0.1, 0.15) is 0 Å². The third-order valence-corrected chi connectivity index (χ3v) is 4.81. The molecule has 7 heteroatoms. The van der Waals surface area contributed by atoms with E-state index in [0.29, 0.717) is 34.3 Å². The maximum atomic E-state index is 12.6. The summed E-state index contributed by atoms with van der Waals surface area (Å²) in [4.78, 5) is 28.0. The largest absolute Gasteiger partial charge is 0.283 e. The summed E-state index contributed by atoms with van der Waals surface area (Å²) in [6.45, 7) is 0.637. The van der Waals surface area contributed by atoms with E-state index in [9.17, 15) is 9.59 Å². The Balaban J connectivity index is 1.83.